The fourth-order valence-electron chi connectivity index (χ4n) is 3.65. The maximum Gasteiger partial charge on any atom is 0.410 e. The zero-order valence-corrected chi connectivity index (χ0v) is 20.3. The van der Waals surface area contributed by atoms with Crippen molar-refractivity contribution in [3.8, 4) is 0 Å². The highest BCUT2D eigenvalue weighted by Crippen LogP contribution is 2.22. The number of aliphatic hydroxyl groups is 1. The maximum absolute atomic E-state index is 12.3. The summed E-state index contributed by atoms with van der Waals surface area (Å²) in [6, 6.07) is 0. The van der Waals surface area contributed by atoms with Crippen molar-refractivity contribution >= 4 is 36.0 Å². The van der Waals surface area contributed by atoms with E-state index in [2.05, 4.69) is 17.1 Å². The Morgan fingerprint density at radius 2 is 1.86 bits per heavy atom. The van der Waals surface area contributed by atoms with E-state index in [-0.39, 0.29) is 36.2 Å². The molecule has 0 saturated carbocycles. The number of hydrogen-bond donors (Lipinski definition) is 2. The summed E-state index contributed by atoms with van der Waals surface area (Å²) in [5.74, 6) is 1.42. The number of likely N-dealkylation sites (tertiary alicyclic amines) is 2. The molecule has 7 nitrogen and oxygen atoms in total. The Kier molecular flexibility index (Phi) is 10.9. The average Bonchev–Trinajstić information content (AvgIpc) is 2.60. The van der Waals surface area contributed by atoms with Crippen LogP contribution >= 0.6 is 24.0 Å². The molecule has 0 aromatic heterocycles. The third-order valence-corrected chi connectivity index (χ3v) is 5.07. The normalized spacial score (nSPS) is 21.9. The number of nitrogens with zero attached hydrogens (tertiary/aromatic N) is 3. The first-order chi connectivity index (χ1) is 12.8. The van der Waals surface area contributed by atoms with Crippen molar-refractivity contribution in [1.29, 1.82) is 0 Å². The van der Waals surface area contributed by atoms with Gasteiger partial charge in [0.2, 0.25) is 0 Å². The summed E-state index contributed by atoms with van der Waals surface area (Å²) >= 11 is 0. The van der Waals surface area contributed by atoms with Gasteiger partial charge in [-0.25, -0.2) is 4.79 Å². The number of ether oxygens (including phenoxy) is 1. The van der Waals surface area contributed by atoms with Crippen molar-refractivity contribution in [3.63, 3.8) is 0 Å². The van der Waals surface area contributed by atoms with Gasteiger partial charge in [-0.05, 0) is 65.7 Å². The molecule has 8 heteroatoms. The summed E-state index contributed by atoms with van der Waals surface area (Å²) in [5.41, 5.74) is -0.447. The van der Waals surface area contributed by atoms with E-state index in [1.807, 2.05) is 25.7 Å². The van der Waals surface area contributed by atoms with E-state index in [0.29, 0.717) is 5.92 Å². The van der Waals surface area contributed by atoms with E-state index in [4.69, 9.17) is 9.73 Å². The number of aliphatic imine (C=N–C) groups is 1. The van der Waals surface area contributed by atoms with Crippen molar-refractivity contribution in [2.75, 3.05) is 39.3 Å². The van der Waals surface area contributed by atoms with Crippen LogP contribution in [0.15, 0.2) is 4.99 Å². The molecule has 2 fully saturated rings. The maximum atomic E-state index is 12.3. The summed E-state index contributed by atoms with van der Waals surface area (Å²) in [6.07, 6.45) is 4.38. The minimum Gasteiger partial charge on any atom is -0.444 e. The SMILES string of the molecule is CCNC(=NCCC1CCCN(C(=O)OC(C)(C)C)C1)N1CCC(O)CC1.I. The summed E-state index contributed by atoms with van der Waals surface area (Å²) in [5, 5.41) is 13.1. The molecular formula is C20H39IN4O3. The minimum atomic E-state index is -0.447. The third kappa shape index (κ3) is 8.71. The first kappa shape index (κ1) is 25.3. The van der Waals surface area contributed by atoms with E-state index < -0.39 is 5.60 Å². The molecule has 0 radical (unpaired) electrons. The molecule has 2 aliphatic heterocycles. The second-order valence-electron chi connectivity index (χ2n) is 8.68. The summed E-state index contributed by atoms with van der Waals surface area (Å²) in [7, 11) is 0. The minimum absolute atomic E-state index is 0. The molecule has 2 rings (SSSR count). The molecule has 2 aliphatic rings. The summed E-state index contributed by atoms with van der Waals surface area (Å²) in [4.78, 5) is 21.2. The van der Waals surface area contributed by atoms with E-state index >= 15 is 0 Å². The molecule has 1 amide bonds. The summed E-state index contributed by atoms with van der Waals surface area (Å²) < 4.78 is 5.51. The van der Waals surface area contributed by atoms with Crippen LogP contribution in [0.4, 0.5) is 4.79 Å². The Morgan fingerprint density at radius 1 is 1.18 bits per heavy atom. The Hall–Kier alpha value is -0.770. The molecule has 0 aromatic carbocycles. The molecule has 0 spiro atoms. The van der Waals surface area contributed by atoms with Gasteiger partial charge in [0.15, 0.2) is 5.96 Å². The molecule has 164 valence electrons. The van der Waals surface area contributed by atoms with Gasteiger partial charge in [0.25, 0.3) is 0 Å². The van der Waals surface area contributed by atoms with Crippen molar-refractivity contribution in [1.82, 2.24) is 15.1 Å². The van der Waals surface area contributed by atoms with E-state index in [1.165, 1.54) is 0 Å². The van der Waals surface area contributed by atoms with E-state index in [9.17, 15) is 9.90 Å². The number of hydrogen-bond acceptors (Lipinski definition) is 4. The molecule has 28 heavy (non-hydrogen) atoms. The van der Waals surface area contributed by atoms with E-state index in [1.54, 1.807) is 0 Å². The number of rotatable bonds is 4. The lowest BCUT2D eigenvalue weighted by Gasteiger charge is -2.34. The predicted octanol–water partition coefficient (Wildman–Crippen LogP) is 3.06. The average molecular weight is 510 g/mol. The lowest BCUT2D eigenvalue weighted by Crippen LogP contribution is -2.46. The van der Waals surface area contributed by atoms with Gasteiger partial charge in [0, 0.05) is 39.3 Å². The van der Waals surface area contributed by atoms with Gasteiger partial charge in [-0.1, -0.05) is 0 Å². The Morgan fingerprint density at radius 3 is 2.46 bits per heavy atom. The molecule has 0 aromatic rings. The van der Waals surface area contributed by atoms with Crippen LogP contribution in [0, 0.1) is 5.92 Å². The zero-order valence-electron chi connectivity index (χ0n) is 17.9. The smallest absolute Gasteiger partial charge is 0.410 e. The van der Waals surface area contributed by atoms with Gasteiger partial charge in [-0.2, -0.15) is 0 Å². The van der Waals surface area contributed by atoms with E-state index in [0.717, 1.165) is 77.3 Å². The lowest BCUT2D eigenvalue weighted by molar-refractivity contribution is 0.0163. The van der Waals surface area contributed by atoms with Gasteiger partial charge < -0.3 is 25.0 Å². The highest BCUT2D eigenvalue weighted by atomic mass is 127. The van der Waals surface area contributed by atoms with Crippen LogP contribution in [-0.2, 0) is 4.74 Å². The van der Waals surface area contributed by atoms with Crippen LogP contribution in [-0.4, -0.2) is 77.9 Å². The number of halogens is 1. The van der Waals surface area contributed by atoms with Crippen LogP contribution in [0.1, 0.15) is 59.8 Å². The monoisotopic (exact) mass is 510 g/mol. The molecule has 1 unspecified atom stereocenters. The van der Waals surface area contributed by atoms with Gasteiger partial charge in [-0.3, -0.25) is 4.99 Å². The van der Waals surface area contributed by atoms with Crippen molar-refractivity contribution < 1.29 is 14.6 Å². The second-order valence-corrected chi connectivity index (χ2v) is 8.68. The number of guanidine groups is 1. The highest BCUT2D eigenvalue weighted by molar-refractivity contribution is 14.0. The largest absolute Gasteiger partial charge is 0.444 e. The first-order valence-electron chi connectivity index (χ1n) is 10.5. The molecule has 0 aliphatic carbocycles. The van der Waals surface area contributed by atoms with Crippen LogP contribution in [0.25, 0.3) is 0 Å². The fraction of sp³-hybridized carbons (Fsp3) is 0.900. The van der Waals surface area contributed by atoms with Crippen LogP contribution in [0.5, 0.6) is 0 Å². The molecule has 2 saturated heterocycles. The van der Waals surface area contributed by atoms with Crippen molar-refractivity contribution in [2.24, 2.45) is 10.9 Å². The number of aliphatic hydroxyl groups excluding tert-OH is 1. The number of nitrogens with one attached hydrogen (secondary N) is 1. The van der Waals surface area contributed by atoms with Crippen LogP contribution in [0.3, 0.4) is 0 Å². The standard InChI is InChI=1S/C20H38N4O3.HI/c1-5-21-18(23-13-9-17(25)10-14-23)22-11-8-16-7-6-12-24(15-16)19(26)27-20(2,3)4;/h16-17,25H,5-15H2,1-4H3,(H,21,22);1H. The zero-order chi connectivity index (χ0) is 19.9. The van der Waals surface area contributed by atoms with Crippen LogP contribution in [0.2, 0.25) is 0 Å². The topological polar surface area (TPSA) is 77.4 Å². The quantitative estimate of drug-likeness (QED) is 0.346. The number of amides is 1. The van der Waals surface area contributed by atoms with Crippen molar-refractivity contribution in [2.45, 2.75) is 71.5 Å². The van der Waals surface area contributed by atoms with Crippen LogP contribution < -0.4 is 5.32 Å². The van der Waals surface area contributed by atoms with Crippen molar-refractivity contribution in [3.05, 3.63) is 0 Å². The number of piperidine rings is 2. The molecule has 2 N–H and O–H groups in total. The number of carbonyl (C=O) groups excluding carboxylic acids is 1. The lowest BCUT2D eigenvalue weighted by atomic mass is 9.95. The van der Waals surface area contributed by atoms with Gasteiger partial charge in [0.05, 0.1) is 6.10 Å². The first-order valence-corrected chi connectivity index (χ1v) is 10.5. The fourth-order valence-corrected chi connectivity index (χ4v) is 3.65. The Labute approximate surface area is 187 Å². The highest BCUT2D eigenvalue weighted by Gasteiger charge is 2.27. The molecule has 1 atom stereocenters. The molecule has 2 heterocycles. The third-order valence-electron chi connectivity index (χ3n) is 5.07. The Bertz CT molecular complexity index is 502. The predicted molar refractivity (Wildman–Crippen MR) is 123 cm³/mol. The molecule has 0 bridgehead atoms. The van der Waals surface area contributed by atoms with Gasteiger partial charge >= 0.3 is 6.09 Å². The number of carbonyl (C=O) groups is 1. The second kappa shape index (κ2) is 12.0. The molecular weight excluding hydrogens is 471 g/mol. The van der Waals surface area contributed by atoms with Gasteiger partial charge in [-0.15, -0.1) is 24.0 Å². The Balaban J connectivity index is 0.00000392. The van der Waals surface area contributed by atoms with Gasteiger partial charge in [0.1, 0.15) is 5.60 Å². The summed E-state index contributed by atoms with van der Waals surface area (Å²) in [6.45, 7) is 12.6.